The van der Waals surface area contributed by atoms with Crippen LogP contribution in [0.4, 0.5) is 11.5 Å². The molecule has 1 saturated heterocycles. The van der Waals surface area contributed by atoms with Gasteiger partial charge in [-0.1, -0.05) is 6.92 Å². The molecule has 0 amide bonds. The van der Waals surface area contributed by atoms with Crippen molar-refractivity contribution in [1.29, 1.82) is 0 Å². The van der Waals surface area contributed by atoms with Gasteiger partial charge in [-0.3, -0.25) is 13.9 Å². The monoisotopic (exact) mass is 268 g/mol. The summed E-state index contributed by atoms with van der Waals surface area (Å²) in [5.41, 5.74) is 4.66. The zero-order valence-corrected chi connectivity index (χ0v) is 11.5. The largest absolute Gasteiger partial charge is 0.386 e. The Labute approximate surface area is 110 Å². The average Bonchev–Trinajstić information content (AvgIpc) is 2.30. The van der Waals surface area contributed by atoms with Crippen molar-refractivity contribution in [1.82, 2.24) is 9.13 Å². The van der Waals surface area contributed by atoms with E-state index in [2.05, 4.69) is 0 Å². The smallest absolute Gasteiger partial charge is 0.332 e. The topological polar surface area (TPSA) is 93.5 Å². The van der Waals surface area contributed by atoms with Gasteiger partial charge in [0, 0.05) is 26.7 Å². The number of aromatic nitrogens is 2. The minimum Gasteiger partial charge on any atom is -0.386 e. The third kappa shape index (κ3) is 2.14. The van der Waals surface area contributed by atoms with Crippen molar-refractivity contribution in [3.05, 3.63) is 20.8 Å². The standard InChI is InChI=1S/C12H20N4O3/c1-4-5-16-9(13)8(10(17)14(3)11(16)18)15-6-12(2,19)7-15/h19H,4-7,13H2,1-3H3. The van der Waals surface area contributed by atoms with Crippen LogP contribution in [-0.2, 0) is 13.6 Å². The van der Waals surface area contributed by atoms with Gasteiger partial charge < -0.3 is 15.7 Å². The summed E-state index contributed by atoms with van der Waals surface area (Å²) >= 11 is 0. The van der Waals surface area contributed by atoms with Crippen LogP contribution < -0.4 is 21.9 Å². The number of aliphatic hydroxyl groups is 1. The number of nitrogens with two attached hydrogens (primary N) is 1. The number of hydrogen-bond acceptors (Lipinski definition) is 5. The second-order valence-corrected chi connectivity index (χ2v) is 5.39. The molecule has 0 spiro atoms. The summed E-state index contributed by atoms with van der Waals surface area (Å²) in [5, 5.41) is 9.76. The molecule has 106 valence electrons. The van der Waals surface area contributed by atoms with E-state index in [1.165, 1.54) is 11.6 Å². The van der Waals surface area contributed by atoms with Gasteiger partial charge in [-0.05, 0) is 13.3 Å². The van der Waals surface area contributed by atoms with Gasteiger partial charge in [-0.15, -0.1) is 0 Å². The van der Waals surface area contributed by atoms with Crippen LogP contribution in [0, 0.1) is 0 Å². The highest BCUT2D eigenvalue weighted by molar-refractivity contribution is 5.64. The Bertz CT molecular complexity index is 607. The molecule has 2 heterocycles. The van der Waals surface area contributed by atoms with Crippen molar-refractivity contribution < 1.29 is 5.11 Å². The van der Waals surface area contributed by atoms with Gasteiger partial charge in [0.25, 0.3) is 5.56 Å². The summed E-state index contributed by atoms with van der Waals surface area (Å²) < 4.78 is 2.47. The third-order valence-corrected chi connectivity index (χ3v) is 3.38. The summed E-state index contributed by atoms with van der Waals surface area (Å²) in [4.78, 5) is 25.9. The van der Waals surface area contributed by atoms with Gasteiger partial charge in [-0.2, -0.15) is 0 Å². The van der Waals surface area contributed by atoms with Gasteiger partial charge in [-0.25, -0.2) is 4.79 Å². The zero-order valence-electron chi connectivity index (χ0n) is 11.5. The molecule has 0 aromatic carbocycles. The number of nitrogens with zero attached hydrogens (tertiary/aromatic N) is 3. The van der Waals surface area contributed by atoms with Crippen LogP contribution in [0.15, 0.2) is 9.59 Å². The summed E-state index contributed by atoms with van der Waals surface area (Å²) in [5.74, 6) is 0.186. The first kappa shape index (κ1) is 13.7. The molecule has 0 bridgehead atoms. The molecule has 0 unspecified atom stereocenters. The van der Waals surface area contributed by atoms with E-state index in [4.69, 9.17) is 5.73 Å². The molecule has 3 N–H and O–H groups in total. The Balaban J connectivity index is 2.56. The molecule has 1 aromatic rings. The van der Waals surface area contributed by atoms with Crippen molar-refractivity contribution in [3.8, 4) is 0 Å². The zero-order chi connectivity index (χ0) is 14.4. The minimum absolute atomic E-state index is 0.186. The second kappa shape index (κ2) is 4.41. The Morgan fingerprint density at radius 3 is 2.42 bits per heavy atom. The van der Waals surface area contributed by atoms with Gasteiger partial charge in [0.2, 0.25) is 0 Å². The molecule has 1 fully saturated rings. The van der Waals surface area contributed by atoms with E-state index in [-0.39, 0.29) is 5.82 Å². The van der Waals surface area contributed by atoms with Gasteiger partial charge in [0.15, 0.2) is 0 Å². The van der Waals surface area contributed by atoms with Crippen LogP contribution in [0.1, 0.15) is 20.3 Å². The highest BCUT2D eigenvalue weighted by Crippen LogP contribution is 2.28. The molecule has 2 rings (SSSR count). The van der Waals surface area contributed by atoms with Crippen molar-refractivity contribution in [3.63, 3.8) is 0 Å². The van der Waals surface area contributed by atoms with Crippen molar-refractivity contribution in [2.75, 3.05) is 23.7 Å². The van der Waals surface area contributed by atoms with E-state index in [0.29, 0.717) is 25.3 Å². The molecule has 0 atom stereocenters. The van der Waals surface area contributed by atoms with Gasteiger partial charge in [0.05, 0.1) is 5.60 Å². The lowest BCUT2D eigenvalue weighted by atomic mass is 9.96. The molecule has 1 aromatic heterocycles. The third-order valence-electron chi connectivity index (χ3n) is 3.38. The molecule has 7 nitrogen and oxygen atoms in total. The van der Waals surface area contributed by atoms with Crippen molar-refractivity contribution in [2.24, 2.45) is 7.05 Å². The first-order valence-corrected chi connectivity index (χ1v) is 6.35. The normalized spacial score (nSPS) is 17.4. The van der Waals surface area contributed by atoms with Crippen molar-refractivity contribution >= 4 is 11.5 Å². The van der Waals surface area contributed by atoms with Crippen LogP contribution in [0.25, 0.3) is 0 Å². The highest BCUT2D eigenvalue weighted by atomic mass is 16.3. The Kier molecular flexibility index (Phi) is 3.17. The number of nitrogen functional groups attached to an aromatic ring is 1. The summed E-state index contributed by atoms with van der Waals surface area (Å²) in [7, 11) is 1.44. The molecule has 0 saturated carbocycles. The summed E-state index contributed by atoms with van der Waals surface area (Å²) in [6, 6.07) is 0. The van der Waals surface area contributed by atoms with E-state index < -0.39 is 16.9 Å². The predicted molar refractivity (Wildman–Crippen MR) is 73.5 cm³/mol. The second-order valence-electron chi connectivity index (χ2n) is 5.39. The van der Waals surface area contributed by atoms with Crippen LogP contribution in [-0.4, -0.2) is 32.9 Å². The molecule has 0 aliphatic carbocycles. The number of anilines is 2. The SMILES string of the molecule is CCCn1c(N)c(N2CC(C)(O)C2)c(=O)n(C)c1=O. The molecule has 1 aliphatic heterocycles. The maximum atomic E-state index is 12.2. The Morgan fingerprint density at radius 1 is 1.37 bits per heavy atom. The lowest BCUT2D eigenvalue weighted by molar-refractivity contribution is 0.0308. The fourth-order valence-electron chi connectivity index (χ4n) is 2.44. The van der Waals surface area contributed by atoms with Crippen LogP contribution in [0.2, 0.25) is 0 Å². The van der Waals surface area contributed by atoms with Crippen LogP contribution in [0.3, 0.4) is 0 Å². The quantitative estimate of drug-likeness (QED) is 0.742. The molecule has 1 aliphatic rings. The molecular formula is C12H20N4O3. The van der Waals surface area contributed by atoms with Crippen LogP contribution >= 0.6 is 0 Å². The summed E-state index contributed by atoms with van der Waals surface area (Å²) in [6.45, 7) is 4.79. The summed E-state index contributed by atoms with van der Waals surface area (Å²) in [6.07, 6.45) is 0.749. The van der Waals surface area contributed by atoms with Gasteiger partial charge in [0.1, 0.15) is 11.5 Å². The molecular weight excluding hydrogens is 248 g/mol. The average molecular weight is 268 g/mol. The highest BCUT2D eigenvalue weighted by Gasteiger charge is 2.39. The Morgan fingerprint density at radius 2 is 1.95 bits per heavy atom. The molecule has 0 radical (unpaired) electrons. The van der Waals surface area contributed by atoms with E-state index in [9.17, 15) is 14.7 Å². The van der Waals surface area contributed by atoms with E-state index in [0.717, 1.165) is 11.0 Å². The van der Waals surface area contributed by atoms with E-state index >= 15 is 0 Å². The lowest BCUT2D eigenvalue weighted by Crippen LogP contribution is -2.62. The molecule has 19 heavy (non-hydrogen) atoms. The number of β-amino-alcohol motifs (C(OH)–C–C–N with tert-alkyl or cyclic N) is 1. The Hall–Kier alpha value is -1.76. The van der Waals surface area contributed by atoms with Gasteiger partial charge >= 0.3 is 5.69 Å². The number of hydrogen-bond donors (Lipinski definition) is 2. The van der Waals surface area contributed by atoms with E-state index in [1.807, 2.05) is 6.92 Å². The van der Waals surface area contributed by atoms with Crippen molar-refractivity contribution in [2.45, 2.75) is 32.4 Å². The fraction of sp³-hybridized carbons (Fsp3) is 0.667. The lowest BCUT2D eigenvalue weighted by Gasteiger charge is -2.45. The first-order valence-electron chi connectivity index (χ1n) is 6.35. The first-order chi connectivity index (χ1) is 8.78. The van der Waals surface area contributed by atoms with E-state index in [1.54, 1.807) is 11.8 Å². The maximum Gasteiger partial charge on any atom is 0.332 e. The minimum atomic E-state index is -0.802. The fourth-order valence-corrected chi connectivity index (χ4v) is 2.44. The number of rotatable bonds is 3. The molecule has 7 heteroatoms. The predicted octanol–water partition coefficient (Wildman–Crippen LogP) is -0.890. The van der Waals surface area contributed by atoms with Crippen LogP contribution in [0.5, 0.6) is 0 Å². The maximum absolute atomic E-state index is 12.2.